The van der Waals surface area contributed by atoms with Crippen LogP contribution in [0.2, 0.25) is 5.02 Å². The zero-order chi connectivity index (χ0) is 23.4. The predicted molar refractivity (Wildman–Crippen MR) is 122 cm³/mol. The second-order valence-electron chi connectivity index (χ2n) is 8.21. The first-order valence-corrected chi connectivity index (χ1v) is 10.7. The first-order chi connectivity index (χ1) is 15.3. The summed E-state index contributed by atoms with van der Waals surface area (Å²) in [6.07, 6.45) is 2.45. The lowest BCUT2D eigenvalue weighted by molar-refractivity contribution is -0.253. The molecule has 172 valence electrons. The van der Waals surface area contributed by atoms with Gasteiger partial charge in [-0.25, -0.2) is 9.28 Å². The summed E-state index contributed by atoms with van der Waals surface area (Å²) in [5, 5.41) is 19.4. The molecule has 0 amide bonds. The highest BCUT2D eigenvalue weighted by molar-refractivity contribution is 6.30. The molecule has 1 atom stereocenters. The molecule has 3 rings (SSSR count). The molecule has 8 heteroatoms. The Morgan fingerprint density at radius 3 is 2.59 bits per heavy atom. The summed E-state index contributed by atoms with van der Waals surface area (Å²) >= 11 is 5.91. The van der Waals surface area contributed by atoms with Crippen LogP contribution >= 0.6 is 11.6 Å². The second-order valence-corrected chi connectivity index (χ2v) is 8.62. The van der Waals surface area contributed by atoms with Crippen LogP contribution in [0.15, 0.2) is 41.3 Å². The van der Waals surface area contributed by atoms with Crippen LogP contribution in [0.5, 0.6) is 5.75 Å². The minimum absolute atomic E-state index is 0.0273. The molecule has 1 aromatic heterocycles. The number of halogens is 2. The molecule has 1 unspecified atom stereocenters. The minimum Gasteiger partial charge on any atom is -0.495 e. The molecule has 32 heavy (non-hydrogen) atoms. The third-order valence-electron chi connectivity index (χ3n) is 5.44. The fourth-order valence-electron chi connectivity index (χ4n) is 4.01. The van der Waals surface area contributed by atoms with Gasteiger partial charge >= 0.3 is 0 Å². The Bertz CT molecular complexity index is 1160. The zero-order valence-electron chi connectivity index (χ0n) is 18.3. The molecule has 0 aliphatic rings. The number of ether oxygens (including phenoxy) is 1. The Morgan fingerprint density at radius 2 is 1.97 bits per heavy atom. The molecular weight excluding hydrogens is 437 g/mol. The van der Waals surface area contributed by atoms with E-state index in [0.717, 1.165) is 0 Å². The summed E-state index contributed by atoms with van der Waals surface area (Å²) in [6, 6.07) is 7.90. The lowest BCUT2D eigenvalue weighted by Crippen LogP contribution is -2.22. The molecule has 0 aliphatic carbocycles. The van der Waals surface area contributed by atoms with Gasteiger partial charge in [0.2, 0.25) is 0 Å². The number of pyridine rings is 1. The standard InChI is InChI=1S/C24H27ClFNO5/c1-14(2)7-18(12-28)27-11-17(13-32-30)24(29)19-9-15(10-21(31-3)23(19)27)8-16-5-4-6-20(25)22(16)26/h4-6,9-11,14,18,28,30H,7-8,12-13H2,1-3H3. The van der Waals surface area contributed by atoms with E-state index >= 15 is 0 Å². The highest BCUT2D eigenvalue weighted by atomic mass is 35.5. The highest BCUT2D eigenvalue weighted by Gasteiger charge is 2.21. The molecular formula is C24H27ClFNO5. The van der Waals surface area contributed by atoms with E-state index in [1.165, 1.54) is 13.2 Å². The fraction of sp³-hybridized carbons (Fsp3) is 0.375. The fourth-order valence-corrected chi connectivity index (χ4v) is 4.21. The van der Waals surface area contributed by atoms with Crippen LogP contribution in [0.1, 0.15) is 43.0 Å². The molecule has 6 nitrogen and oxygen atoms in total. The molecule has 2 aromatic carbocycles. The summed E-state index contributed by atoms with van der Waals surface area (Å²) in [4.78, 5) is 17.4. The van der Waals surface area contributed by atoms with Crippen molar-refractivity contribution in [3.05, 3.63) is 74.3 Å². The molecule has 2 N–H and O–H groups in total. The Kier molecular flexibility index (Phi) is 7.90. The van der Waals surface area contributed by atoms with Gasteiger partial charge in [0.1, 0.15) is 18.2 Å². The normalized spacial score (nSPS) is 12.5. The van der Waals surface area contributed by atoms with Crippen molar-refractivity contribution in [3.8, 4) is 5.75 Å². The van der Waals surface area contributed by atoms with Crippen molar-refractivity contribution in [2.24, 2.45) is 5.92 Å². The van der Waals surface area contributed by atoms with Crippen LogP contribution in [0.25, 0.3) is 10.9 Å². The van der Waals surface area contributed by atoms with E-state index in [0.29, 0.717) is 34.2 Å². The van der Waals surface area contributed by atoms with E-state index in [2.05, 4.69) is 4.89 Å². The predicted octanol–water partition coefficient (Wildman–Crippen LogP) is 4.96. The molecule has 0 fully saturated rings. The van der Waals surface area contributed by atoms with Crippen LogP contribution in [0.3, 0.4) is 0 Å². The molecule has 0 bridgehead atoms. The molecule has 0 aliphatic heterocycles. The van der Waals surface area contributed by atoms with Crippen LogP contribution in [0.4, 0.5) is 4.39 Å². The lowest BCUT2D eigenvalue weighted by atomic mass is 9.99. The lowest BCUT2D eigenvalue weighted by Gasteiger charge is -2.25. The summed E-state index contributed by atoms with van der Waals surface area (Å²) < 4.78 is 21.9. The van der Waals surface area contributed by atoms with Gasteiger partial charge in [-0.3, -0.25) is 10.1 Å². The Labute approximate surface area is 190 Å². The third-order valence-corrected chi connectivity index (χ3v) is 5.73. The number of methoxy groups -OCH3 is 1. The summed E-state index contributed by atoms with van der Waals surface area (Å²) in [6.45, 7) is 3.64. The quantitative estimate of drug-likeness (QED) is 0.346. The summed E-state index contributed by atoms with van der Waals surface area (Å²) in [7, 11) is 1.49. The average Bonchev–Trinajstić information content (AvgIpc) is 2.77. The van der Waals surface area contributed by atoms with E-state index < -0.39 is 5.82 Å². The number of aromatic nitrogens is 1. The Morgan fingerprint density at radius 1 is 1.22 bits per heavy atom. The number of fused-ring (bicyclic) bond motifs is 1. The van der Waals surface area contributed by atoms with Gasteiger partial charge in [-0.15, -0.1) is 0 Å². The summed E-state index contributed by atoms with van der Waals surface area (Å²) in [5.41, 5.74) is 1.47. The second kappa shape index (κ2) is 10.4. The SMILES string of the molecule is COc1cc(Cc2cccc(Cl)c2F)cc2c(=O)c(COO)cn(C(CO)CC(C)C)c12. The van der Waals surface area contributed by atoms with Crippen LogP contribution in [-0.4, -0.2) is 28.6 Å². The van der Waals surface area contributed by atoms with Crippen molar-refractivity contribution in [3.63, 3.8) is 0 Å². The van der Waals surface area contributed by atoms with Crippen molar-refractivity contribution in [2.45, 2.75) is 39.3 Å². The van der Waals surface area contributed by atoms with Gasteiger partial charge in [-0.1, -0.05) is 37.6 Å². The van der Waals surface area contributed by atoms with Gasteiger partial charge in [-0.2, -0.15) is 0 Å². The van der Waals surface area contributed by atoms with Gasteiger partial charge in [-0.05, 0) is 41.7 Å². The number of aliphatic hydroxyl groups is 1. The van der Waals surface area contributed by atoms with Crippen molar-refractivity contribution in [1.29, 1.82) is 0 Å². The molecule has 0 saturated heterocycles. The van der Waals surface area contributed by atoms with Crippen molar-refractivity contribution >= 4 is 22.5 Å². The number of hydrogen-bond acceptors (Lipinski definition) is 5. The van der Waals surface area contributed by atoms with Crippen LogP contribution in [0, 0.1) is 11.7 Å². The number of rotatable bonds is 9. The maximum atomic E-state index is 14.5. The van der Waals surface area contributed by atoms with Crippen LogP contribution < -0.4 is 10.2 Å². The molecule has 3 aromatic rings. The smallest absolute Gasteiger partial charge is 0.195 e. The number of benzene rings is 2. The monoisotopic (exact) mass is 463 g/mol. The van der Waals surface area contributed by atoms with E-state index in [1.807, 2.05) is 13.8 Å². The zero-order valence-corrected chi connectivity index (χ0v) is 19.0. The molecule has 1 heterocycles. The highest BCUT2D eigenvalue weighted by Crippen LogP contribution is 2.32. The largest absolute Gasteiger partial charge is 0.495 e. The van der Waals surface area contributed by atoms with Gasteiger partial charge in [0.15, 0.2) is 5.43 Å². The number of hydrogen-bond donors (Lipinski definition) is 2. The van der Waals surface area contributed by atoms with Crippen molar-refractivity contribution in [2.75, 3.05) is 13.7 Å². The van der Waals surface area contributed by atoms with Crippen molar-refractivity contribution < 1.29 is 24.4 Å². The first kappa shape index (κ1) is 24.2. The van der Waals surface area contributed by atoms with Gasteiger partial charge in [0, 0.05) is 18.2 Å². The topological polar surface area (TPSA) is 80.9 Å². The third kappa shape index (κ3) is 4.96. The molecule has 0 spiro atoms. The minimum atomic E-state index is -0.509. The molecule has 0 saturated carbocycles. The van der Waals surface area contributed by atoms with Gasteiger partial charge in [0.25, 0.3) is 0 Å². The molecule has 0 radical (unpaired) electrons. The van der Waals surface area contributed by atoms with E-state index in [9.17, 15) is 14.3 Å². The summed E-state index contributed by atoms with van der Waals surface area (Å²) in [5.74, 6) is 0.205. The van der Waals surface area contributed by atoms with Gasteiger partial charge < -0.3 is 14.4 Å². The maximum Gasteiger partial charge on any atom is 0.195 e. The van der Waals surface area contributed by atoms with E-state index in [-0.39, 0.29) is 47.6 Å². The Balaban J connectivity index is 2.26. The maximum absolute atomic E-state index is 14.5. The average molecular weight is 464 g/mol. The number of nitrogens with zero attached hydrogens (tertiary/aromatic N) is 1. The van der Waals surface area contributed by atoms with E-state index in [1.54, 1.807) is 35.0 Å². The number of aliphatic hydroxyl groups excluding tert-OH is 1. The van der Waals surface area contributed by atoms with Crippen molar-refractivity contribution in [1.82, 2.24) is 4.57 Å². The first-order valence-electron chi connectivity index (χ1n) is 10.3. The van der Waals surface area contributed by atoms with E-state index in [4.69, 9.17) is 21.6 Å². The van der Waals surface area contributed by atoms with Gasteiger partial charge in [0.05, 0.1) is 35.7 Å². The Hall–Kier alpha value is -2.45. The van der Waals surface area contributed by atoms with Crippen LogP contribution in [-0.2, 0) is 17.9 Å².